The molecule has 150 valence electrons. The lowest BCUT2D eigenvalue weighted by Crippen LogP contribution is -2.48. The van der Waals surface area contributed by atoms with Gasteiger partial charge in [-0.15, -0.1) is 0 Å². The van der Waals surface area contributed by atoms with Crippen molar-refractivity contribution in [1.82, 2.24) is 15.0 Å². The summed E-state index contributed by atoms with van der Waals surface area (Å²) in [6.07, 6.45) is 1.70. The first-order valence-electron chi connectivity index (χ1n) is 9.43. The SMILES string of the molecule is Cc1cc(CSc2ncccc2C(=O)N2CCN(c3cccc(O)c3)CC2)no1. The summed E-state index contributed by atoms with van der Waals surface area (Å²) in [6.45, 7) is 4.53. The zero-order chi connectivity index (χ0) is 20.2. The van der Waals surface area contributed by atoms with Crippen LogP contribution in [0.3, 0.4) is 0 Å². The second-order valence-electron chi connectivity index (χ2n) is 6.87. The van der Waals surface area contributed by atoms with Gasteiger partial charge in [-0.25, -0.2) is 4.98 Å². The molecule has 0 radical (unpaired) electrons. The molecule has 1 aromatic carbocycles. The van der Waals surface area contributed by atoms with Crippen LogP contribution in [0, 0.1) is 6.92 Å². The highest BCUT2D eigenvalue weighted by molar-refractivity contribution is 7.98. The summed E-state index contributed by atoms with van der Waals surface area (Å²) in [6, 6.07) is 12.7. The van der Waals surface area contributed by atoms with Gasteiger partial charge in [0.25, 0.3) is 5.91 Å². The van der Waals surface area contributed by atoms with Crippen LogP contribution in [0.4, 0.5) is 5.69 Å². The Kier molecular flexibility index (Phi) is 5.71. The number of carbonyl (C=O) groups excluding carboxylic acids is 1. The van der Waals surface area contributed by atoms with E-state index >= 15 is 0 Å². The number of aromatic nitrogens is 2. The van der Waals surface area contributed by atoms with Crippen LogP contribution in [0.25, 0.3) is 0 Å². The molecule has 1 saturated heterocycles. The van der Waals surface area contributed by atoms with Crippen molar-refractivity contribution in [2.24, 2.45) is 0 Å². The maximum Gasteiger partial charge on any atom is 0.256 e. The smallest absolute Gasteiger partial charge is 0.256 e. The fourth-order valence-electron chi connectivity index (χ4n) is 3.32. The number of rotatable bonds is 5. The van der Waals surface area contributed by atoms with Crippen LogP contribution in [-0.2, 0) is 5.75 Å². The number of aryl methyl sites for hydroxylation is 1. The zero-order valence-corrected chi connectivity index (χ0v) is 16.9. The van der Waals surface area contributed by atoms with Crippen molar-refractivity contribution in [2.45, 2.75) is 17.7 Å². The summed E-state index contributed by atoms with van der Waals surface area (Å²) >= 11 is 1.49. The van der Waals surface area contributed by atoms with Gasteiger partial charge in [-0.1, -0.05) is 23.0 Å². The van der Waals surface area contributed by atoms with E-state index in [0.717, 1.165) is 30.2 Å². The molecule has 1 aliphatic rings. The van der Waals surface area contributed by atoms with Gasteiger partial charge in [-0.2, -0.15) is 0 Å². The standard InChI is InChI=1S/C21H22N4O3S/c1-15-12-16(23-28-15)14-29-20-19(6-3-7-22-20)21(27)25-10-8-24(9-11-25)17-4-2-5-18(26)13-17/h2-7,12-13,26H,8-11,14H2,1H3. The number of piperazine rings is 1. The molecule has 0 bridgehead atoms. The largest absolute Gasteiger partial charge is 0.508 e. The minimum Gasteiger partial charge on any atom is -0.508 e. The number of pyridine rings is 1. The maximum absolute atomic E-state index is 13.1. The van der Waals surface area contributed by atoms with Gasteiger partial charge in [0.2, 0.25) is 0 Å². The molecule has 3 aromatic rings. The highest BCUT2D eigenvalue weighted by Crippen LogP contribution is 2.26. The third-order valence-corrected chi connectivity index (χ3v) is 5.84. The fourth-order valence-corrected chi connectivity index (χ4v) is 4.19. The summed E-state index contributed by atoms with van der Waals surface area (Å²) in [4.78, 5) is 21.6. The first kappa shape index (κ1) is 19.3. The second kappa shape index (κ2) is 8.57. The van der Waals surface area contributed by atoms with E-state index in [9.17, 15) is 9.90 Å². The van der Waals surface area contributed by atoms with Gasteiger partial charge in [0.15, 0.2) is 0 Å². The lowest BCUT2D eigenvalue weighted by molar-refractivity contribution is 0.0742. The minimum absolute atomic E-state index is 0.00695. The van der Waals surface area contributed by atoms with E-state index in [4.69, 9.17) is 4.52 Å². The Morgan fingerprint density at radius 2 is 2.00 bits per heavy atom. The van der Waals surface area contributed by atoms with Crippen LogP contribution in [0.15, 0.2) is 58.2 Å². The average molecular weight is 410 g/mol. The number of phenols is 1. The van der Waals surface area contributed by atoms with Gasteiger partial charge in [0.05, 0.1) is 11.3 Å². The topological polar surface area (TPSA) is 82.7 Å². The predicted molar refractivity (Wildman–Crippen MR) is 111 cm³/mol. The third-order valence-electron chi connectivity index (χ3n) is 4.80. The molecule has 4 rings (SSSR count). The third kappa shape index (κ3) is 4.54. The van der Waals surface area contributed by atoms with E-state index in [1.165, 1.54) is 11.8 Å². The van der Waals surface area contributed by atoms with Crippen molar-refractivity contribution in [3.8, 4) is 5.75 Å². The molecular formula is C21H22N4O3S. The molecule has 1 aliphatic heterocycles. The van der Waals surface area contributed by atoms with E-state index in [1.54, 1.807) is 24.4 Å². The van der Waals surface area contributed by atoms with Gasteiger partial charge in [0.1, 0.15) is 16.5 Å². The van der Waals surface area contributed by atoms with Crippen molar-refractivity contribution < 1.29 is 14.4 Å². The number of anilines is 1. The van der Waals surface area contributed by atoms with Crippen molar-refractivity contribution in [3.05, 3.63) is 65.7 Å². The molecule has 8 heteroatoms. The number of benzene rings is 1. The van der Waals surface area contributed by atoms with Crippen molar-refractivity contribution >= 4 is 23.4 Å². The summed E-state index contributed by atoms with van der Waals surface area (Å²) in [7, 11) is 0. The number of phenolic OH excluding ortho intramolecular Hbond substituents is 1. The maximum atomic E-state index is 13.1. The van der Waals surface area contributed by atoms with Gasteiger partial charge in [-0.05, 0) is 31.2 Å². The van der Waals surface area contributed by atoms with Gasteiger partial charge >= 0.3 is 0 Å². The molecule has 7 nitrogen and oxygen atoms in total. The van der Waals surface area contributed by atoms with E-state index in [1.807, 2.05) is 36.1 Å². The molecule has 0 saturated carbocycles. The number of nitrogens with zero attached hydrogens (tertiary/aromatic N) is 4. The lowest BCUT2D eigenvalue weighted by Gasteiger charge is -2.36. The fraction of sp³-hybridized carbons (Fsp3) is 0.286. The number of aromatic hydroxyl groups is 1. The first-order valence-corrected chi connectivity index (χ1v) is 10.4. The van der Waals surface area contributed by atoms with Crippen molar-refractivity contribution in [1.29, 1.82) is 0 Å². The Hall–Kier alpha value is -3.00. The summed E-state index contributed by atoms with van der Waals surface area (Å²) in [5, 5.41) is 14.4. The van der Waals surface area contributed by atoms with Gasteiger partial charge in [-0.3, -0.25) is 4.79 Å². The first-order chi connectivity index (χ1) is 14.1. The number of carbonyl (C=O) groups is 1. The molecule has 0 atom stereocenters. The summed E-state index contributed by atoms with van der Waals surface area (Å²) < 4.78 is 5.10. The van der Waals surface area contributed by atoms with E-state index in [0.29, 0.717) is 29.4 Å². The van der Waals surface area contributed by atoms with Crippen molar-refractivity contribution in [3.63, 3.8) is 0 Å². The number of thioether (sulfide) groups is 1. The summed E-state index contributed by atoms with van der Waals surface area (Å²) in [5.74, 6) is 1.61. The van der Waals surface area contributed by atoms with E-state index < -0.39 is 0 Å². The summed E-state index contributed by atoms with van der Waals surface area (Å²) in [5.41, 5.74) is 2.41. The Morgan fingerprint density at radius 3 is 2.72 bits per heavy atom. The monoisotopic (exact) mass is 410 g/mol. The number of hydrogen-bond donors (Lipinski definition) is 1. The minimum atomic E-state index is -0.00695. The highest BCUT2D eigenvalue weighted by Gasteiger charge is 2.24. The predicted octanol–water partition coefficient (Wildman–Crippen LogP) is 3.34. The van der Waals surface area contributed by atoms with Crippen molar-refractivity contribution in [2.75, 3.05) is 31.1 Å². The lowest BCUT2D eigenvalue weighted by atomic mass is 10.2. The number of amides is 1. The Bertz CT molecular complexity index is 999. The van der Waals surface area contributed by atoms with Crippen LogP contribution < -0.4 is 4.90 Å². The van der Waals surface area contributed by atoms with Crippen LogP contribution in [-0.4, -0.2) is 52.2 Å². The second-order valence-corrected chi connectivity index (χ2v) is 7.84. The number of hydrogen-bond acceptors (Lipinski definition) is 7. The molecule has 1 amide bonds. The Labute approximate surface area is 173 Å². The van der Waals surface area contributed by atoms with Gasteiger partial charge < -0.3 is 19.4 Å². The normalized spacial score (nSPS) is 14.2. The average Bonchev–Trinajstić information content (AvgIpc) is 3.17. The van der Waals surface area contributed by atoms with E-state index in [-0.39, 0.29) is 11.7 Å². The molecule has 1 N–H and O–H groups in total. The Morgan fingerprint density at radius 1 is 1.17 bits per heavy atom. The molecular weight excluding hydrogens is 388 g/mol. The molecule has 0 aliphatic carbocycles. The quantitative estimate of drug-likeness (QED) is 0.646. The molecule has 3 heterocycles. The van der Waals surface area contributed by atoms with Crippen LogP contribution in [0.2, 0.25) is 0 Å². The Balaban J connectivity index is 1.41. The highest BCUT2D eigenvalue weighted by atomic mass is 32.2. The van der Waals surface area contributed by atoms with Gasteiger partial charge in [0, 0.05) is 55.9 Å². The zero-order valence-electron chi connectivity index (χ0n) is 16.1. The van der Waals surface area contributed by atoms with Crippen LogP contribution in [0.1, 0.15) is 21.8 Å². The van der Waals surface area contributed by atoms with E-state index in [2.05, 4.69) is 15.0 Å². The molecule has 0 unspecified atom stereocenters. The molecule has 29 heavy (non-hydrogen) atoms. The molecule has 2 aromatic heterocycles. The van der Waals surface area contributed by atoms with Crippen LogP contribution in [0.5, 0.6) is 5.75 Å². The molecule has 0 spiro atoms. The van der Waals surface area contributed by atoms with Crippen LogP contribution >= 0.6 is 11.8 Å². The molecule has 1 fully saturated rings.